The van der Waals surface area contributed by atoms with Crippen molar-refractivity contribution in [2.75, 3.05) is 0 Å². The third-order valence-corrected chi connectivity index (χ3v) is 5.26. The molecular weight excluding hydrogens is 344 g/mol. The molecule has 0 heterocycles. The molecule has 0 amide bonds. The summed E-state index contributed by atoms with van der Waals surface area (Å²) < 4.78 is 1.24. The monoisotopic (exact) mass is 372 g/mol. The van der Waals surface area contributed by atoms with Gasteiger partial charge in [0.25, 0.3) is 0 Å². The highest BCUT2D eigenvalue weighted by Crippen LogP contribution is 2.27. The van der Waals surface area contributed by atoms with E-state index in [-0.39, 0.29) is 5.41 Å². The van der Waals surface area contributed by atoms with Crippen molar-refractivity contribution in [1.82, 2.24) is 0 Å². The zero-order chi connectivity index (χ0) is 17.0. The van der Waals surface area contributed by atoms with Crippen LogP contribution < -0.4 is 0 Å². The van der Waals surface area contributed by atoms with Gasteiger partial charge >= 0.3 is 0 Å². The van der Waals surface area contributed by atoms with Gasteiger partial charge in [-0.05, 0) is 65.5 Å². The Kier molecular flexibility index (Phi) is 6.08. The normalized spacial score (nSPS) is 11.7. The Morgan fingerprint density at radius 2 is 1.65 bits per heavy atom. The van der Waals surface area contributed by atoms with Gasteiger partial charge in [-0.1, -0.05) is 80.4 Å². The lowest BCUT2D eigenvalue weighted by Crippen LogP contribution is -2.11. The molecule has 0 bridgehead atoms. The lowest BCUT2D eigenvalue weighted by Gasteiger charge is -2.21. The van der Waals surface area contributed by atoms with Crippen LogP contribution in [0.25, 0.3) is 0 Å². The SMILES string of the molecule is CCCCc1ccc(Cc2ccc(C(C)(C)C)cc2C)c(Br)c1. The third-order valence-electron chi connectivity index (χ3n) is 4.53. The Morgan fingerprint density at radius 3 is 2.22 bits per heavy atom. The van der Waals surface area contributed by atoms with E-state index in [0.717, 1.165) is 6.42 Å². The highest BCUT2D eigenvalue weighted by Gasteiger charge is 2.14. The fourth-order valence-corrected chi connectivity index (χ4v) is 3.40. The summed E-state index contributed by atoms with van der Waals surface area (Å²) in [5, 5.41) is 0. The molecule has 124 valence electrons. The van der Waals surface area contributed by atoms with E-state index in [1.165, 1.54) is 51.6 Å². The Hall–Kier alpha value is -1.08. The van der Waals surface area contributed by atoms with E-state index in [0.29, 0.717) is 0 Å². The van der Waals surface area contributed by atoms with Crippen molar-refractivity contribution in [3.63, 3.8) is 0 Å². The predicted molar refractivity (Wildman–Crippen MR) is 105 cm³/mol. The van der Waals surface area contributed by atoms with E-state index in [9.17, 15) is 0 Å². The molecule has 0 radical (unpaired) electrons. The maximum atomic E-state index is 3.77. The summed E-state index contributed by atoms with van der Waals surface area (Å²) in [5.41, 5.74) is 7.23. The molecule has 0 fully saturated rings. The van der Waals surface area contributed by atoms with Crippen LogP contribution in [0.5, 0.6) is 0 Å². The molecule has 2 rings (SSSR count). The lowest BCUT2D eigenvalue weighted by molar-refractivity contribution is 0.589. The summed E-state index contributed by atoms with van der Waals surface area (Å²) in [7, 11) is 0. The van der Waals surface area contributed by atoms with Gasteiger partial charge in [0.2, 0.25) is 0 Å². The van der Waals surface area contributed by atoms with E-state index in [2.05, 4.69) is 86.9 Å². The van der Waals surface area contributed by atoms with Gasteiger partial charge in [0.1, 0.15) is 0 Å². The largest absolute Gasteiger partial charge is 0.0654 e. The minimum atomic E-state index is 0.213. The Bertz CT molecular complexity index is 662. The van der Waals surface area contributed by atoms with E-state index in [1.54, 1.807) is 0 Å². The first-order valence-corrected chi connectivity index (χ1v) is 9.48. The molecule has 2 aromatic rings. The summed E-state index contributed by atoms with van der Waals surface area (Å²) in [6.07, 6.45) is 4.68. The van der Waals surface area contributed by atoms with Crippen molar-refractivity contribution in [3.05, 3.63) is 68.7 Å². The fraction of sp³-hybridized carbons (Fsp3) is 0.455. The van der Waals surface area contributed by atoms with Crippen LogP contribution in [0.3, 0.4) is 0 Å². The van der Waals surface area contributed by atoms with Crippen molar-refractivity contribution >= 4 is 15.9 Å². The quantitative estimate of drug-likeness (QED) is 0.530. The number of rotatable bonds is 5. The summed E-state index contributed by atoms with van der Waals surface area (Å²) in [6, 6.07) is 13.8. The zero-order valence-corrected chi connectivity index (χ0v) is 16.8. The van der Waals surface area contributed by atoms with Crippen molar-refractivity contribution in [2.24, 2.45) is 0 Å². The van der Waals surface area contributed by atoms with E-state index >= 15 is 0 Å². The molecule has 0 nitrogen and oxygen atoms in total. The average molecular weight is 373 g/mol. The molecule has 0 aliphatic rings. The topological polar surface area (TPSA) is 0 Å². The Balaban J connectivity index is 2.19. The summed E-state index contributed by atoms with van der Waals surface area (Å²) >= 11 is 3.77. The molecule has 0 unspecified atom stereocenters. The molecule has 0 aliphatic heterocycles. The molecule has 0 aromatic heterocycles. The first kappa shape index (κ1) is 18.3. The van der Waals surface area contributed by atoms with Crippen molar-refractivity contribution in [2.45, 2.75) is 65.7 Å². The maximum absolute atomic E-state index is 3.77. The standard InChI is InChI=1S/C22H29Br/c1-6-7-8-17-9-10-19(21(23)14-17)15-18-11-12-20(13-16(18)2)22(3,4)5/h9-14H,6-8,15H2,1-5H3. The highest BCUT2D eigenvalue weighted by atomic mass is 79.9. The number of unbranched alkanes of at least 4 members (excludes halogenated alkanes) is 1. The van der Waals surface area contributed by atoms with Crippen LogP contribution in [0, 0.1) is 6.92 Å². The molecule has 0 saturated heterocycles. The van der Waals surface area contributed by atoms with Gasteiger partial charge < -0.3 is 0 Å². The van der Waals surface area contributed by atoms with Gasteiger partial charge in [-0.25, -0.2) is 0 Å². The molecule has 0 aliphatic carbocycles. The van der Waals surface area contributed by atoms with Crippen LogP contribution in [0.4, 0.5) is 0 Å². The number of halogens is 1. The Morgan fingerprint density at radius 1 is 0.957 bits per heavy atom. The van der Waals surface area contributed by atoms with Gasteiger partial charge in [0.15, 0.2) is 0 Å². The second-order valence-corrected chi connectivity index (χ2v) is 8.45. The molecule has 0 saturated carbocycles. The summed E-state index contributed by atoms with van der Waals surface area (Å²) in [5.74, 6) is 0. The van der Waals surface area contributed by atoms with Crippen LogP contribution in [0.2, 0.25) is 0 Å². The van der Waals surface area contributed by atoms with Gasteiger partial charge in [0, 0.05) is 4.47 Å². The number of benzene rings is 2. The molecule has 0 spiro atoms. The van der Waals surface area contributed by atoms with Crippen molar-refractivity contribution < 1.29 is 0 Å². The second kappa shape index (κ2) is 7.66. The fourth-order valence-electron chi connectivity index (χ4n) is 2.84. The minimum absolute atomic E-state index is 0.213. The zero-order valence-electron chi connectivity index (χ0n) is 15.2. The van der Waals surface area contributed by atoms with Crippen LogP contribution in [-0.2, 0) is 18.3 Å². The molecule has 2 aromatic carbocycles. The molecule has 1 heteroatoms. The number of hydrogen-bond acceptors (Lipinski definition) is 0. The summed E-state index contributed by atoms with van der Waals surface area (Å²) in [6.45, 7) is 11.3. The van der Waals surface area contributed by atoms with Gasteiger partial charge in [-0.3, -0.25) is 0 Å². The van der Waals surface area contributed by atoms with Gasteiger partial charge in [-0.2, -0.15) is 0 Å². The lowest BCUT2D eigenvalue weighted by atomic mass is 9.85. The highest BCUT2D eigenvalue weighted by molar-refractivity contribution is 9.10. The van der Waals surface area contributed by atoms with Crippen LogP contribution in [-0.4, -0.2) is 0 Å². The van der Waals surface area contributed by atoms with Crippen molar-refractivity contribution in [3.8, 4) is 0 Å². The molecule has 23 heavy (non-hydrogen) atoms. The Labute approximate surface area is 150 Å². The first-order valence-electron chi connectivity index (χ1n) is 8.68. The van der Waals surface area contributed by atoms with Crippen molar-refractivity contribution in [1.29, 1.82) is 0 Å². The molecule has 0 N–H and O–H groups in total. The minimum Gasteiger partial charge on any atom is -0.0654 e. The van der Waals surface area contributed by atoms with Gasteiger partial charge in [0.05, 0.1) is 0 Å². The molecule has 0 atom stereocenters. The average Bonchev–Trinajstić information content (AvgIpc) is 2.48. The summed E-state index contributed by atoms with van der Waals surface area (Å²) in [4.78, 5) is 0. The second-order valence-electron chi connectivity index (χ2n) is 7.60. The molecular formula is C22H29Br. The predicted octanol–water partition coefficient (Wildman–Crippen LogP) is 6.99. The van der Waals surface area contributed by atoms with E-state index in [4.69, 9.17) is 0 Å². The first-order chi connectivity index (χ1) is 10.8. The van der Waals surface area contributed by atoms with E-state index < -0.39 is 0 Å². The van der Waals surface area contributed by atoms with Crippen LogP contribution >= 0.6 is 15.9 Å². The third kappa shape index (κ3) is 4.94. The van der Waals surface area contributed by atoms with E-state index in [1.807, 2.05) is 0 Å². The van der Waals surface area contributed by atoms with Crippen LogP contribution in [0.15, 0.2) is 40.9 Å². The maximum Gasteiger partial charge on any atom is 0.0213 e. The van der Waals surface area contributed by atoms with Gasteiger partial charge in [-0.15, -0.1) is 0 Å². The van der Waals surface area contributed by atoms with Crippen LogP contribution in [0.1, 0.15) is 68.4 Å². The smallest absolute Gasteiger partial charge is 0.0213 e. The number of aryl methyl sites for hydroxylation is 2. The number of hydrogen-bond donors (Lipinski definition) is 0.